The smallest absolute Gasteiger partial charge is 0.0650 e. The first-order valence-corrected chi connectivity index (χ1v) is 4.30. The molecule has 66 valence electrons. The van der Waals surface area contributed by atoms with Gasteiger partial charge in [-0.15, -0.1) is 0 Å². The summed E-state index contributed by atoms with van der Waals surface area (Å²) in [4.78, 5) is 0. The maximum absolute atomic E-state index is 7.79. The van der Waals surface area contributed by atoms with Crippen LogP contribution in [0.2, 0.25) is 0 Å². The van der Waals surface area contributed by atoms with Crippen molar-refractivity contribution < 1.29 is 0 Å². The van der Waals surface area contributed by atoms with E-state index in [9.17, 15) is 0 Å². The van der Waals surface area contributed by atoms with Crippen LogP contribution in [0.1, 0.15) is 5.69 Å². The van der Waals surface area contributed by atoms with Crippen molar-refractivity contribution in [1.29, 1.82) is 5.41 Å². The molecule has 0 aliphatic carbocycles. The Morgan fingerprint density at radius 1 is 1.23 bits per heavy atom. The maximum atomic E-state index is 7.79. The van der Waals surface area contributed by atoms with Gasteiger partial charge in [0.2, 0.25) is 0 Å². The zero-order chi connectivity index (χ0) is 9.42. The first kappa shape index (κ1) is 8.05. The van der Waals surface area contributed by atoms with Gasteiger partial charge in [-0.3, -0.25) is 0 Å². The molecule has 0 aliphatic rings. The summed E-state index contributed by atoms with van der Waals surface area (Å²) in [6, 6.07) is 9.89. The second kappa shape index (κ2) is 2.73. The van der Waals surface area contributed by atoms with Gasteiger partial charge in [0.15, 0.2) is 0 Å². The molecular formula is C11H12N2. The molecule has 0 unspecified atom stereocenters. The van der Waals surface area contributed by atoms with Gasteiger partial charge in [0.1, 0.15) is 0 Å². The quantitative estimate of drug-likeness (QED) is 0.629. The highest BCUT2D eigenvalue weighted by Gasteiger charge is 1.98. The fourth-order valence-corrected chi connectivity index (χ4v) is 1.57. The number of nitrogens with zero attached hydrogens (tertiary/aromatic N) is 1. The van der Waals surface area contributed by atoms with Crippen molar-refractivity contribution >= 4 is 10.9 Å². The van der Waals surface area contributed by atoms with Crippen LogP contribution >= 0.6 is 0 Å². The Kier molecular flexibility index (Phi) is 1.69. The molecule has 2 nitrogen and oxygen atoms in total. The first-order valence-electron chi connectivity index (χ1n) is 4.30. The Morgan fingerprint density at radius 2 is 1.92 bits per heavy atom. The number of aryl methyl sites for hydroxylation is 2. The molecule has 1 aromatic heterocycles. The van der Waals surface area contributed by atoms with E-state index in [1.165, 1.54) is 0 Å². The van der Waals surface area contributed by atoms with Gasteiger partial charge in [-0.25, -0.2) is 0 Å². The molecule has 0 amide bonds. The molecule has 13 heavy (non-hydrogen) atoms. The second-order valence-corrected chi connectivity index (χ2v) is 3.28. The number of para-hydroxylation sites is 1. The summed E-state index contributed by atoms with van der Waals surface area (Å²) in [5, 5.41) is 9.40. The minimum atomic E-state index is 0.603. The zero-order valence-electron chi connectivity index (χ0n) is 7.83. The van der Waals surface area contributed by atoms with Crippen molar-refractivity contribution in [2.45, 2.75) is 6.92 Å². The van der Waals surface area contributed by atoms with E-state index in [-0.39, 0.29) is 0 Å². The number of nitrogens with one attached hydrogen (secondary N) is 1. The van der Waals surface area contributed by atoms with Crippen LogP contribution in [-0.2, 0) is 7.05 Å². The van der Waals surface area contributed by atoms with E-state index in [1.54, 1.807) is 0 Å². The van der Waals surface area contributed by atoms with Crippen LogP contribution in [0.25, 0.3) is 10.9 Å². The molecule has 0 aliphatic heterocycles. The third-order valence-electron chi connectivity index (χ3n) is 2.44. The molecule has 0 spiro atoms. The average molecular weight is 172 g/mol. The monoisotopic (exact) mass is 172 g/mol. The number of pyridine rings is 1. The Balaban J connectivity index is 3.06. The van der Waals surface area contributed by atoms with Gasteiger partial charge in [-0.05, 0) is 19.1 Å². The van der Waals surface area contributed by atoms with E-state index in [4.69, 9.17) is 5.41 Å². The lowest BCUT2D eigenvalue weighted by atomic mass is 10.2. The van der Waals surface area contributed by atoms with Crippen LogP contribution in [0.4, 0.5) is 0 Å². The molecule has 0 saturated heterocycles. The number of hydrogen-bond acceptors (Lipinski definition) is 1. The van der Waals surface area contributed by atoms with Crippen LogP contribution in [0, 0.1) is 12.3 Å². The molecule has 0 saturated carbocycles. The molecule has 2 aromatic rings. The second-order valence-electron chi connectivity index (χ2n) is 3.28. The normalized spacial score (nSPS) is 10.6. The SMILES string of the molecule is Cc1cc(=N)c2ccccc2n1C. The zero-order valence-corrected chi connectivity index (χ0v) is 7.83. The highest BCUT2D eigenvalue weighted by atomic mass is 14.9. The van der Waals surface area contributed by atoms with Gasteiger partial charge in [-0.1, -0.05) is 18.2 Å². The van der Waals surface area contributed by atoms with Gasteiger partial charge in [0.05, 0.1) is 10.9 Å². The molecule has 2 heteroatoms. The first-order chi connectivity index (χ1) is 6.20. The van der Waals surface area contributed by atoms with Crippen LogP contribution in [-0.4, -0.2) is 4.57 Å². The lowest BCUT2D eigenvalue weighted by molar-refractivity contribution is 0.894. The molecule has 0 fully saturated rings. The van der Waals surface area contributed by atoms with Gasteiger partial charge in [0.25, 0.3) is 0 Å². The summed E-state index contributed by atoms with van der Waals surface area (Å²) < 4.78 is 2.10. The largest absolute Gasteiger partial charge is 0.348 e. The van der Waals surface area contributed by atoms with Gasteiger partial charge >= 0.3 is 0 Å². The van der Waals surface area contributed by atoms with E-state index in [0.29, 0.717) is 5.36 Å². The number of benzene rings is 1. The number of aromatic nitrogens is 1. The van der Waals surface area contributed by atoms with Crippen LogP contribution in [0.15, 0.2) is 30.3 Å². The summed E-state index contributed by atoms with van der Waals surface area (Å²) in [6.07, 6.45) is 0. The Hall–Kier alpha value is -1.57. The summed E-state index contributed by atoms with van der Waals surface area (Å²) >= 11 is 0. The lowest BCUT2D eigenvalue weighted by Gasteiger charge is -2.08. The summed E-state index contributed by atoms with van der Waals surface area (Å²) in [7, 11) is 2.02. The molecule has 1 heterocycles. The van der Waals surface area contributed by atoms with E-state index in [2.05, 4.69) is 4.57 Å². The molecule has 1 N–H and O–H groups in total. The van der Waals surface area contributed by atoms with Crippen molar-refractivity contribution in [3.8, 4) is 0 Å². The molecule has 0 atom stereocenters. The predicted octanol–water partition coefficient (Wildman–Crippen LogP) is 1.97. The topological polar surface area (TPSA) is 28.8 Å². The van der Waals surface area contributed by atoms with Crippen molar-refractivity contribution in [3.05, 3.63) is 41.4 Å². The summed E-state index contributed by atoms with van der Waals surface area (Å²) in [6.45, 7) is 2.02. The van der Waals surface area contributed by atoms with E-state index in [1.807, 2.05) is 44.3 Å². The van der Waals surface area contributed by atoms with Crippen LogP contribution in [0.3, 0.4) is 0 Å². The Bertz CT molecular complexity index is 509. The van der Waals surface area contributed by atoms with E-state index < -0.39 is 0 Å². The van der Waals surface area contributed by atoms with Crippen molar-refractivity contribution in [2.75, 3.05) is 0 Å². The van der Waals surface area contributed by atoms with Gasteiger partial charge in [0, 0.05) is 18.1 Å². The van der Waals surface area contributed by atoms with Crippen LogP contribution < -0.4 is 5.36 Å². The summed E-state index contributed by atoms with van der Waals surface area (Å²) in [5.41, 5.74) is 2.23. The van der Waals surface area contributed by atoms with Gasteiger partial charge < -0.3 is 9.98 Å². The molecule has 1 aromatic carbocycles. The third-order valence-corrected chi connectivity index (χ3v) is 2.44. The molecule has 0 bridgehead atoms. The summed E-state index contributed by atoms with van der Waals surface area (Å²) in [5.74, 6) is 0. The minimum absolute atomic E-state index is 0.603. The predicted molar refractivity (Wildman–Crippen MR) is 53.5 cm³/mol. The van der Waals surface area contributed by atoms with E-state index in [0.717, 1.165) is 16.6 Å². The lowest BCUT2D eigenvalue weighted by Crippen LogP contribution is -2.08. The fraction of sp³-hybridized carbons (Fsp3) is 0.182. The highest BCUT2D eigenvalue weighted by Crippen LogP contribution is 2.09. The third kappa shape index (κ3) is 1.15. The number of rotatable bonds is 0. The van der Waals surface area contributed by atoms with E-state index >= 15 is 0 Å². The molecule has 0 radical (unpaired) electrons. The average Bonchev–Trinajstić information content (AvgIpc) is 2.15. The van der Waals surface area contributed by atoms with Crippen molar-refractivity contribution in [2.24, 2.45) is 7.05 Å². The standard InChI is InChI=1S/C11H12N2/c1-8-7-10(12)9-5-3-4-6-11(9)13(8)2/h3-7,12H,1-2H3. The molecular weight excluding hydrogens is 160 g/mol. The number of hydrogen-bond donors (Lipinski definition) is 1. The molecule has 2 rings (SSSR count). The fourth-order valence-electron chi connectivity index (χ4n) is 1.57. The Labute approximate surface area is 77.0 Å². The minimum Gasteiger partial charge on any atom is -0.348 e. The van der Waals surface area contributed by atoms with Crippen molar-refractivity contribution in [1.82, 2.24) is 4.57 Å². The highest BCUT2D eigenvalue weighted by molar-refractivity contribution is 5.78. The Morgan fingerprint density at radius 3 is 2.69 bits per heavy atom. The number of fused-ring (bicyclic) bond motifs is 1. The van der Waals surface area contributed by atoms with Crippen molar-refractivity contribution in [3.63, 3.8) is 0 Å². The van der Waals surface area contributed by atoms with Crippen LogP contribution in [0.5, 0.6) is 0 Å². The van der Waals surface area contributed by atoms with Gasteiger partial charge in [-0.2, -0.15) is 0 Å². The maximum Gasteiger partial charge on any atom is 0.0650 e.